The second-order valence-electron chi connectivity index (χ2n) is 4.17. The van der Waals surface area contributed by atoms with Crippen molar-refractivity contribution in [3.63, 3.8) is 0 Å². The van der Waals surface area contributed by atoms with Crippen LogP contribution in [0.4, 0.5) is 0 Å². The molecule has 0 aliphatic carbocycles. The maximum atomic E-state index is 10.8. The van der Waals surface area contributed by atoms with E-state index in [1.807, 2.05) is 14.0 Å². The van der Waals surface area contributed by atoms with E-state index in [0.29, 0.717) is 24.7 Å². The first-order valence-corrected chi connectivity index (χ1v) is 7.91. The molecular formula is C10H19ClN4O2S. The first-order chi connectivity index (χ1) is 8.31. The molecule has 0 aliphatic rings. The highest BCUT2D eigenvalue weighted by atomic mass is 35.5. The van der Waals surface area contributed by atoms with E-state index in [1.165, 1.54) is 0 Å². The molecule has 0 aromatic carbocycles. The van der Waals surface area contributed by atoms with Crippen molar-refractivity contribution in [2.45, 2.75) is 19.9 Å². The molecule has 0 radical (unpaired) electrons. The molecule has 0 saturated heterocycles. The molecule has 2 N–H and O–H groups in total. The van der Waals surface area contributed by atoms with Crippen LogP contribution in [-0.2, 0) is 23.6 Å². The highest BCUT2D eigenvalue weighted by molar-refractivity contribution is 7.88. The van der Waals surface area contributed by atoms with Gasteiger partial charge in [-0.15, -0.1) is 0 Å². The lowest BCUT2D eigenvalue weighted by Gasteiger charge is -2.06. The van der Waals surface area contributed by atoms with Crippen LogP contribution in [0.3, 0.4) is 0 Å². The van der Waals surface area contributed by atoms with Crippen molar-refractivity contribution in [3.8, 4) is 0 Å². The average Bonchev–Trinajstić information content (AvgIpc) is 2.47. The topological polar surface area (TPSA) is 76.0 Å². The van der Waals surface area contributed by atoms with Gasteiger partial charge in [0.25, 0.3) is 0 Å². The van der Waals surface area contributed by atoms with E-state index >= 15 is 0 Å². The number of halogens is 1. The predicted molar refractivity (Wildman–Crippen MR) is 72.1 cm³/mol. The van der Waals surface area contributed by atoms with Crippen molar-refractivity contribution < 1.29 is 8.42 Å². The fourth-order valence-electron chi connectivity index (χ4n) is 1.55. The number of aromatic nitrogens is 2. The Balaban J connectivity index is 2.26. The zero-order valence-corrected chi connectivity index (χ0v) is 12.4. The first kappa shape index (κ1) is 15.4. The molecule has 0 fully saturated rings. The number of hydrogen-bond acceptors (Lipinski definition) is 4. The molecule has 1 aromatic heterocycles. The number of nitrogens with one attached hydrogen (secondary N) is 2. The van der Waals surface area contributed by atoms with Gasteiger partial charge in [0.15, 0.2) is 0 Å². The minimum atomic E-state index is -3.09. The van der Waals surface area contributed by atoms with E-state index in [0.717, 1.165) is 24.1 Å². The van der Waals surface area contributed by atoms with Crippen LogP contribution in [0.25, 0.3) is 0 Å². The van der Waals surface area contributed by atoms with Gasteiger partial charge in [-0.1, -0.05) is 11.6 Å². The van der Waals surface area contributed by atoms with Crippen LogP contribution in [0.15, 0.2) is 0 Å². The lowest BCUT2D eigenvalue weighted by atomic mass is 10.3. The van der Waals surface area contributed by atoms with Crippen LogP contribution in [0.1, 0.15) is 17.8 Å². The minimum Gasteiger partial charge on any atom is -0.311 e. The smallest absolute Gasteiger partial charge is 0.208 e. The van der Waals surface area contributed by atoms with Gasteiger partial charge in [0.2, 0.25) is 10.0 Å². The standard InChI is InChI=1S/C10H19ClN4O2S/c1-8-10(11)9(15(2)14-8)7-12-5-4-6-13-18(3,16)17/h12-13H,4-7H2,1-3H3. The van der Waals surface area contributed by atoms with Gasteiger partial charge in [0.05, 0.1) is 22.7 Å². The number of rotatable bonds is 7. The molecule has 1 aromatic rings. The average molecular weight is 295 g/mol. The number of sulfonamides is 1. The summed E-state index contributed by atoms with van der Waals surface area (Å²) in [6, 6.07) is 0. The predicted octanol–water partition coefficient (Wildman–Crippen LogP) is 0.411. The molecule has 0 saturated carbocycles. The zero-order valence-electron chi connectivity index (χ0n) is 10.8. The Morgan fingerprint density at radius 1 is 1.39 bits per heavy atom. The van der Waals surface area contributed by atoms with Crippen molar-refractivity contribution in [1.82, 2.24) is 19.8 Å². The van der Waals surface area contributed by atoms with Crippen LogP contribution in [0.5, 0.6) is 0 Å². The molecule has 8 heteroatoms. The largest absolute Gasteiger partial charge is 0.311 e. The summed E-state index contributed by atoms with van der Waals surface area (Å²) in [4.78, 5) is 0. The molecule has 0 unspecified atom stereocenters. The molecule has 0 amide bonds. The van der Waals surface area contributed by atoms with Gasteiger partial charge in [-0.3, -0.25) is 4.68 Å². The number of aryl methyl sites for hydroxylation is 2. The normalized spacial score (nSPS) is 12.0. The van der Waals surface area contributed by atoms with Crippen LogP contribution in [0.2, 0.25) is 5.02 Å². The van der Waals surface area contributed by atoms with E-state index in [2.05, 4.69) is 15.1 Å². The third-order valence-electron chi connectivity index (χ3n) is 2.45. The van der Waals surface area contributed by atoms with E-state index in [-0.39, 0.29) is 0 Å². The van der Waals surface area contributed by atoms with Crippen LogP contribution >= 0.6 is 11.6 Å². The number of nitrogens with zero attached hydrogens (tertiary/aromatic N) is 2. The van der Waals surface area contributed by atoms with E-state index < -0.39 is 10.0 Å². The molecular weight excluding hydrogens is 276 g/mol. The Kier molecular flexibility index (Phi) is 5.58. The molecule has 0 spiro atoms. The van der Waals surface area contributed by atoms with Gasteiger partial charge in [-0.2, -0.15) is 5.10 Å². The molecule has 104 valence electrons. The van der Waals surface area contributed by atoms with Crippen molar-refractivity contribution in [1.29, 1.82) is 0 Å². The summed E-state index contributed by atoms with van der Waals surface area (Å²) in [5, 5.41) is 8.09. The molecule has 18 heavy (non-hydrogen) atoms. The van der Waals surface area contributed by atoms with Gasteiger partial charge in [0, 0.05) is 20.1 Å². The SMILES string of the molecule is Cc1nn(C)c(CNCCCNS(C)(=O)=O)c1Cl. The van der Waals surface area contributed by atoms with Crippen LogP contribution in [0, 0.1) is 6.92 Å². The molecule has 0 atom stereocenters. The van der Waals surface area contributed by atoms with Crippen LogP contribution < -0.4 is 10.0 Å². The molecule has 0 bridgehead atoms. The Bertz CT molecular complexity index is 498. The van der Waals surface area contributed by atoms with E-state index in [1.54, 1.807) is 4.68 Å². The summed E-state index contributed by atoms with van der Waals surface area (Å²) in [6.45, 7) is 3.63. The second kappa shape index (κ2) is 6.51. The monoisotopic (exact) mass is 294 g/mol. The Morgan fingerprint density at radius 3 is 2.56 bits per heavy atom. The quantitative estimate of drug-likeness (QED) is 0.714. The summed E-state index contributed by atoms with van der Waals surface area (Å²) >= 11 is 6.10. The van der Waals surface area contributed by atoms with Crippen molar-refractivity contribution >= 4 is 21.6 Å². The van der Waals surface area contributed by atoms with E-state index in [9.17, 15) is 8.42 Å². The fourth-order valence-corrected chi connectivity index (χ4v) is 2.29. The third kappa shape index (κ3) is 4.93. The summed E-state index contributed by atoms with van der Waals surface area (Å²) in [5.41, 5.74) is 1.75. The molecule has 0 aliphatic heterocycles. The van der Waals surface area contributed by atoms with Gasteiger partial charge < -0.3 is 5.32 Å². The summed E-state index contributed by atoms with van der Waals surface area (Å²) in [6.07, 6.45) is 1.88. The Morgan fingerprint density at radius 2 is 2.06 bits per heavy atom. The lowest BCUT2D eigenvalue weighted by Crippen LogP contribution is -2.26. The zero-order chi connectivity index (χ0) is 13.8. The maximum absolute atomic E-state index is 10.8. The molecule has 1 rings (SSSR count). The van der Waals surface area contributed by atoms with Gasteiger partial charge in [-0.05, 0) is 19.9 Å². The van der Waals surface area contributed by atoms with Crippen LogP contribution in [-0.4, -0.2) is 37.5 Å². The first-order valence-electron chi connectivity index (χ1n) is 5.64. The highest BCUT2D eigenvalue weighted by Gasteiger charge is 2.09. The Labute approximate surface area is 113 Å². The van der Waals surface area contributed by atoms with E-state index in [4.69, 9.17) is 11.6 Å². The van der Waals surface area contributed by atoms with Gasteiger partial charge >= 0.3 is 0 Å². The molecule has 6 nitrogen and oxygen atoms in total. The summed E-state index contributed by atoms with van der Waals surface area (Å²) in [5.74, 6) is 0. The Hall–Kier alpha value is -0.630. The number of hydrogen-bond donors (Lipinski definition) is 2. The third-order valence-corrected chi connectivity index (χ3v) is 3.67. The lowest BCUT2D eigenvalue weighted by molar-refractivity contribution is 0.574. The highest BCUT2D eigenvalue weighted by Crippen LogP contribution is 2.18. The molecule has 1 heterocycles. The van der Waals surface area contributed by atoms with Crippen molar-refractivity contribution in [2.75, 3.05) is 19.3 Å². The van der Waals surface area contributed by atoms with Gasteiger partial charge in [-0.25, -0.2) is 13.1 Å². The van der Waals surface area contributed by atoms with Crippen molar-refractivity contribution in [2.24, 2.45) is 7.05 Å². The second-order valence-corrected chi connectivity index (χ2v) is 6.38. The van der Waals surface area contributed by atoms with Gasteiger partial charge in [0.1, 0.15) is 0 Å². The summed E-state index contributed by atoms with van der Waals surface area (Å²) in [7, 11) is -1.24. The minimum absolute atomic E-state index is 0.435. The maximum Gasteiger partial charge on any atom is 0.208 e. The van der Waals surface area contributed by atoms with Crippen molar-refractivity contribution in [3.05, 3.63) is 16.4 Å². The summed E-state index contributed by atoms with van der Waals surface area (Å²) < 4.78 is 25.8. The fraction of sp³-hybridized carbons (Fsp3) is 0.700.